The molecular formula is C17H19IN2O3. The summed E-state index contributed by atoms with van der Waals surface area (Å²) in [7, 11) is 4.92. The highest BCUT2D eigenvalue weighted by Gasteiger charge is 2.22. The van der Waals surface area contributed by atoms with Gasteiger partial charge in [0, 0.05) is 23.0 Å². The Labute approximate surface area is 149 Å². The van der Waals surface area contributed by atoms with Crippen molar-refractivity contribution >= 4 is 28.5 Å². The third kappa shape index (κ3) is 3.74. The number of carbonyl (C=O) groups is 1. The third-order valence-electron chi connectivity index (χ3n) is 3.77. The third-order valence-corrected chi connectivity index (χ3v) is 4.66. The molecule has 6 heteroatoms. The molecule has 1 amide bonds. The highest BCUT2D eigenvalue weighted by molar-refractivity contribution is 14.1. The number of hydrogen-bond acceptors (Lipinski definition) is 4. The predicted molar refractivity (Wildman–Crippen MR) is 97.0 cm³/mol. The van der Waals surface area contributed by atoms with Crippen LogP contribution in [0.25, 0.3) is 0 Å². The van der Waals surface area contributed by atoms with Gasteiger partial charge in [-0.15, -0.1) is 0 Å². The summed E-state index contributed by atoms with van der Waals surface area (Å²) in [4.78, 5) is 18.7. The summed E-state index contributed by atoms with van der Waals surface area (Å²) in [5.74, 6) is 1.07. The van der Waals surface area contributed by atoms with Crippen LogP contribution in [0.5, 0.6) is 11.5 Å². The Morgan fingerprint density at radius 1 is 1.26 bits per heavy atom. The average molecular weight is 426 g/mol. The molecule has 122 valence electrons. The van der Waals surface area contributed by atoms with Crippen LogP contribution in [0.1, 0.15) is 28.9 Å². The normalized spacial score (nSPS) is 11.7. The first-order valence-electron chi connectivity index (χ1n) is 7.08. The Morgan fingerprint density at radius 2 is 1.91 bits per heavy atom. The maximum Gasteiger partial charge on any atom is 0.255 e. The zero-order valence-electron chi connectivity index (χ0n) is 13.5. The largest absolute Gasteiger partial charge is 0.493 e. The number of methoxy groups -OCH3 is 2. The van der Waals surface area contributed by atoms with Crippen LogP contribution in [-0.4, -0.2) is 37.1 Å². The van der Waals surface area contributed by atoms with Crippen LogP contribution >= 0.6 is 22.6 Å². The fourth-order valence-corrected chi connectivity index (χ4v) is 2.90. The molecule has 1 heterocycles. The number of hydrogen-bond donors (Lipinski definition) is 0. The van der Waals surface area contributed by atoms with Gasteiger partial charge in [0.1, 0.15) is 0 Å². The van der Waals surface area contributed by atoms with Crippen molar-refractivity contribution in [2.24, 2.45) is 0 Å². The van der Waals surface area contributed by atoms with Crippen LogP contribution < -0.4 is 9.47 Å². The van der Waals surface area contributed by atoms with E-state index in [1.165, 1.54) is 0 Å². The van der Waals surface area contributed by atoms with Crippen LogP contribution in [0.3, 0.4) is 0 Å². The highest BCUT2D eigenvalue weighted by atomic mass is 127. The summed E-state index contributed by atoms with van der Waals surface area (Å²) < 4.78 is 11.4. The standard InChI is InChI=1S/C17H19IN2O3/c1-11(12-6-5-7-19-10-12)20(2)17(21)13-8-15(22-3)16(23-4)9-14(13)18/h5-11H,1-4H3. The van der Waals surface area contributed by atoms with Gasteiger partial charge in [0.25, 0.3) is 5.91 Å². The van der Waals surface area contributed by atoms with Crippen LogP contribution in [0.15, 0.2) is 36.7 Å². The summed E-state index contributed by atoms with van der Waals surface area (Å²) in [6.45, 7) is 1.97. The minimum absolute atomic E-state index is 0.0771. The van der Waals surface area contributed by atoms with Crippen molar-refractivity contribution < 1.29 is 14.3 Å². The van der Waals surface area contributed by atoms with E-state index >= 15 is 0 Å². The second-order valence-corrected chi connectivity index (χ2v) is 6.23. The minimum atomic E-state index is -0.0832. The molecule has 1 aromatic heterocycles. The average Bonchev–Trinajstić information content (AvgIpc) is 2.60. The molecule has 2 rings (SSSR count). The van der Waals surface area contributed by atoms with Crippen molar-refractivity contribution in [2.45, 2.75) is 13.0 Å². The minimum Gasteiger partial charge on any atom is -0.493 e. The fraction of sp³-hybridized carbons (Fsp3) is 0.294. The van der Waals surface area contributed by atoms with E-state index in [9.17, 15) is 4.79 Å². The molecule has 0 aliphatic rings. The number of carbonyl (C=O) groups excluding carboxylic acids is 1. The predicted octanol–water partition coefficient (Wildman–Crippen LogP) is 3.54. The molecule has 1 atom stereocenters. The number of amides is 1. The van der Waals surface area contributed by atoms with E-state index in [1.54, 1.807) is 50.7 Å². The molecule has 0 radical (unpaired) electrons. The molecule has 0 saturated heterocycles. The summed E-state index contributed by atoms with van der Waals surface area (Å²) in [6, 6.07) is 7.26. The number of aromatic nitrogens is 1. The Balaban J connectivity index is 2.33. The lowest BCUT2D eigenvalue weighted by Crippen LogP contribution is -2.30. The van der Waals surface area contributed by atoms with Gasteiger partial charge in [-0.05, 0) is 53.3 Å². The highest BCUT2D eigenvalue weighted by Crippen LogP contribution is 2.32. The van der Waals surface area contributed by atoms with Gasteiger partial charge in [-0.3, -0.25) is 9.78 Å². The molecule has 0 fully saturated rings. The number of pyridine rings is 1. The fourth-order valence-electron chi connectivity index (χ4n) is 2.23. The Bertz CT molecular complexity index is 692. The van der Waals surface area contributed by atoms with E-state index in [4.69, 9.17) is 9.47 Å². The van der Waals surface area contributed by atoms with Crippen LogP contribution in [-0.2, 0) is 0 Å². The van der Waals surface area contributed by atoms with E-state index in [-0.39, 0.29) is 11.9 Å². The second kappa shape index (κ2) is 7.63. The van der Waals surface area contributed by atoms with E-state index in [0.29, 0.717) is 17.1 Å². The van der Waals surface area contributed by atoms with Crippen molar-refractivity contribution in [1.29, 1.82) is 0 Å². The van der Waals surface area contributed by atoms with E-state index in [1.807, 2.05) is 19.1 Å². The van der Waals surface area contributed by atoms with E-state index < -0.39 is 0 Å². The molecular weight excluding hydrogens is 407 g/mol. The topological polar surface area (TPSA) is 51.7 Å². The van der Waals surface area contributed by atoms with Crippen molar-refractivity contribution in [2.75, 3.05) is 21.3 Å². The molecule has 1 unspecified atom stereocenters. The van der Waals surface area contributed by atoms with Gasteiger partial charge in [-0.1, -0.05) is 6.07 Å². The monoisotopic (exact) mass is 426 g/mol. The lowest BCUT2D eigenvalue weighted by atomic mass is 10.1. The number of nitrogens with zero attached hydrogens (tertiary/aromatic N) is 2. The van der Waals surface area contributed by atoms with Gasteiger partial charge in [0.15, 0.2) is 11.5 Å². The van der Waals surface area contributed by atoms with Gasteiger partial charge < -0.3 is 14.4 Å². The summed E-state index contributed by atoms with van der Waals surface area (Å²) in [5, 5.41) is 0. The van der Waals surface area contributed by atoms with Crippen LogP contribution in [0, 0.1) is 3.57 Å². The summed E-state index contributed by atoms with van der Waals surface area (Å²) in [6.07, 6.45) is 3.49. The molecule has 0 aliphatic carbocycles. The Hall–Kier alpha value is -1.83. The van der Waals surface area contributed by atoms with Crippen LogP contribution in [0.4, 0.5) is 0 Å². The van der Waals surface area contributed by atoms with Crippen LogP contribution in [0.2, 0.25) is 0 Å². The lowest BCUT2D eigenvalue weighted by Gasteiger charge is -2.26. The smallest absolute Gasteiger partial charge is 0.255 e. The lowest BCUT2D eigenvalue weighted by molar-refractivity contribution is 0.0741. The summed E-state index contributed by atoms with van der Waals surface area (Å²) >= 11 is 2.13. The molecule has 0 saturated carbocycles. The van der Waals surface area contributed by atoms with Gasteiger partial charge >= 0.3 is 0 Å². The second-order valence-electron chi connectivity index (χ2n) is 5.07. The molecule has 0 N–H and O–H groups in total. The SMILES string of the molecule is COc1cc(I)c(C(=O)N(C)C(C)c2cccnc2)cc1OC. The first kappa shape index (κ1) is 17.5. The number of rotatable bonds is 5. The maximum atomic E-state index is 12.9. The van der Waals surface area contributed by atoms with Crippen molar-refractivity contribution in [1.82, 2.24) is 9.88 Å². The first-order chi connectivity index (χ1) is 11.0. The van der Waals surface area contributed by atoms with Crippen molar-refractivity contribution in [3.05, 3.63) is 51.4 Å². The maximum absolute atomic E-state index is 12.9. The molecule has 0 aliphatic heterocycles. The van der Waals surface area contributed by atoms with E-state index in [0.717, 1.165) is 9.13 Å². The molecule has 0 spiro atoms. The van der Waals surface area contributed by atoms with Gasteiger partial charge in [0.05, 0.1) is 25.8 Å². The quantitative estimate of drug-likeness (QED) is 0.687. The van der Waals surface area contributed by atoms with E-state index in [2.05, 4.69) is 27.6 Å². The molecule has 2 aromatic rings. The molecule has 1 aromatic carbocycles. The Kier molecular flexibility index (Phi) is 5.81. The van der Waals surface area contributed by atoms with Gasteiger partial charge in [-0.25, -0.2) is 0 Å². The number of halogens is 1. The number of benzene rings is 1. The zero-order valence-corrected chi connectivity index (χ0v) is 15.7. The molecule has 5 nitrogen and oxygen atoms in total. The van der Waals surface area contributed by atoms with Gasteiger partial charge in [0.2, 0.25) is 0 Å². The first-order valence-corrected chi connectivity index (χ1v) is 8.16. The Morgan fingerprint density at radius 3 is 2.48 bits per heavy atom. The summed E-state index contributed by atoms with van der Waals surface area (Å²) in [5.41, 5.74) is 1.57. The zero-order chi connectivity index (χ0) is 17.0. The van der Waals surface area contributed by atoms with Gasteiger partial charge in [-0.2, -0.15) is 0 Å². The number of ether oxygens (including phenoxy) is 2. The van der Waals surface area contributed by atoms with Crippen molar-refractivity contribution in [3.63, 3.8) is 0 Å². The van der Waals surface area contributed by atoms with Crippen molar-refractivity contribution in [3.8, 4) is 11.5 Å². The molecule has 0 bridgehead atoms. The molecule has 23 heavy (non-hydrogen) atoms.